The predicted molar refractivity (Wildman–Crippen MR) is 60.4 cm³/mol. The molecule has 68 valence electrons. The molecule has 1 aromatic carbocycles. The third-order valence-corrected chi connectivity index (χ3v) is 1.40. The van der Waals surface area contributed by atoms with Crippen molar-refractivity contribution in [3.05, 3.63) is 40.0 Å². The lowest BCUT2D eigenvalue weighted by Gasteiger charge is -1.92. The van der Waals surface area contributed by atoms with E-state index < -0.39 is 0 Å². The van der Waals surface area contributed by atoms with Crippen molar-refractivity contribution in [2.75, 3.05) is 0 Å². The molecular weight excluding hydrogens is 230 g/mol. The fraction of sp³-hybridized carbons (Fsp3) is 0.200. The van der Waals surface area contributed by atoms with E-state index in [4.69, 9.17) is 7.85 Å². The normalized spacial score (nSPS) is 10.3. The first-order valence-corrected chi connectivity index (χ1v) is 4.86. The summed E-state index contributed by atoms with van der Waals surface area (Å²) in [7, 11) is 5.35. The van der Waals surface area contributed by atoms with Crippen LogP contribution in [0.1, 0.15) is 19.4 Å². The molecule has 0 nitrogen and oxygen atoms in total. The average molecular weight is 241 g/mol. The van der Waals surface area contributed by atoms with Crippen LogP contribution in [-0.4, -0.2) is 7.85 Å². The third-order valence-electron chi connectivity index (χ3n) is 1.17. The molecule has 1 aromatic rings. The minimum atomic E-state index is -0.240. The highest BCUT2D eigenvalue weighted by atomic mass is 79.9. The molecule has 0 fully saturated rings. The number of hydrogen-bond acceptors (Lipinski definition) is 0. The Morgan fingerprint density at radius 3 is 2.15 bits per heavy atom. The lowest BCUT2D eigenvalue weighted by Crippen LogP contribution is -1.75. The second-order valence-corrected chi connectivity index (χ2v) is 3.00. The zero-order valence-electron chi connectivity index (χ0n) is 7.72. The Morgan fingerprint density at radius 2 is 1.77 bits per heavy atom. The van der Waals surface area contributed by atoms with Gasteiger partial charge in [-0.1, -0.05) is 52.4 Å². The van der Waals surface area contributed by atoms with Crippen LogP contribution in [0.25, 0.3) is 6.08 Å². The standard InChI is InChI=1S/C8H5BBrF.C2H6/c9-8(10)5-6-1-3-7(11)4-2-6;1-2/h1-5H;1-2H3/b8-5-;. The Labute approximate surface area is 88.4 Å². The molecule has 3 heteroatoms. The summed E-state index contributed by atoms with van der Waals surface area (Å²) < 4.78 is 12.9. The van der Waals surface area contributed by atoms with Gasteiger partial charge in [0.05, 0.1) is 0 Å². The molecule has 1 rings (SSSR count). The molecule has 0 aromatic heterocycles. The Kier molecular flexibility index (Phi) is 6.60. The van der Waals surface area contributed by atoms with Crippen LogP contribution >= 0.6 is 15.9 Å². The van der Waals surface area contributed by atoms with Gasteiger partial charge in [0.25, 0.3) is 0 Å². The number of benzene rings is 1. The maximum absolute atomic E-state index is 12.4. The minimum absolute atomic E-state index is 0.240. The van der Waals surface area contributed by atoms with Crippen LogP contribution in [0.4, 0.5) is 4.39 Å². The quantitative estimate of drug-likeness (QED) is 0.657. The SMILES string of the molecule is CC.[B]/C(Br)=C/c1ccc(F)cc1. The van der Waals surface area contributed by atoms with Gasteiger partial charge in [-0.2, -0.15) is 0 Å². The van der Waals surface area contributed by atoms with Crippen LogP contribution in [0.15, 0.2) is 28.6 Å². The van der Waals surface area contributed by atoms with Crippen LogP contribution in [0.5, 0.6) is 0 Å². The number of rotatable bonds is 1. The molecular formula is C10H11BBrF. The molecule has 0 unspecified atom stereocenters. The third kappa shape index (κ3) is 5.64. The highest BCUT2D eigenvalue weighted by Crippen LogP contribution is 2.09. The summed E-state index contributed by atoms with van der Waals surface area (Å²) in [4.78, 5) is 0. The van der Waals surface area contributed by atoms with Gasteiger partial charge in [-0.3, -0.25) is 0 Å². The zero-order chi connectivity index (χ0) is 10.3. The van der Waals surface area contributed by atoms with E-state index >= 15 is 0 Å². The maximum atomic E-state index is 12.4. The summed E-state index contributed by atoms with van der Waals surface area (Å²) in [5.41, 5.74) is 0.876. The molecule has 13 heavy (non-hydrogen) atoms. The van der Waals surface area contributed by atoms with Gasteiger partial charge in [0.2, 0.25) is 0 Å². The van der Waals surface area contributed by atoms with Gasteiger partial charge in [0, 0.05) is 0 Å². The number of halogens is 2. The van der Waals surface area contributed by atoms with Gasteiger partial charge in [-0.25, -0.2) is 4.39 Å². The summed E-state index contributed by atoms with van der Waals surface area (Å²) >= 11 is 3.07. The highest BCUT2D eigenvalue weighted by Gasteiger charge is 1.88. The zero-order valence-corrected chi connectivity index (χ0v) is 9.31. The smallest absolute Gasteiger partial charge is 0.124 e. The average Bonchev–Trinajstić information content (AvgIpc) is 2.12. The van der Waals surface area contributed by atoms with Gasteiger partial charge in [0.15, 0.2) is 0 Å². The lowest BCUT2D eigenvalue weighted by molar-refractivity contribution is 0.628. The Balaban J connectivity index is 0.000000671. The van der Waals surface area contributed by atoms with E-state index in [0.29, 0.717) is 4.38 Å². The van der Waals surface area contributed by atoms with Crippen molar-refractivity contribution in [3.63, 3.8) is 0 Å². The largest absolute Gasteiger partial charge is 0.207 e. The molecule has 0 aliphatic heterocycles. The van der Waals surface area contributed by atoms with E-state index in [0.717, 1.165) is 5.56 Å². The van der Waals surface area contributed by atoms with Crippen molar-refractivity contribution >= 4 is 29.9 Å². The highest BCUT2D eigenvalue weighted by molar-refractivity contribution is 9.12. The molecule has 0 heterocycles. The van der Waals surface area contributed by atoms with Crippen LogP contribution < -0.4 is 0 Å². The first kappa shape index (κ1) is 12.4. The molecule has 0 spiro atoms. The van der Waals surface area contributed by atoms with Crippen LogP contribution in [0.3, 0.4) is 0 Å². The first-order valence-electron chi connectivity index (χ1n) is 4.07. The summed E-state index contributed by atoms with van der Waals surface area (Å²) in [5.74, 6) is -0.240. The van der Waals surface area contributed by atoms with E-state index in [1.54, 1.807) is 18.2 Å². The van der Waals surface area contributed by atoms with Gasteiger partial charge in [-0.05, 0) is 17.7 Å². The second kappa shape index (κ2) is 6.90. The minimum Gasteiger partial charge on any atom is -0.207 e. The van der Waals surface area contributed by atoms with Gasteiger partial charge < -0.3 is 0 Å². The summed E-state index contributed by atoms with van der Waals surface area (Å²) in [5, 5.41) is 0. The summed E-state index contributed by atoms with van der Waals surface area (Å²) in [6.45, 7) is 4.00. The number of hydrogen-bond donors (Lipinski definition) is 0. The fourth-order valence-corrected chi connectivity index (χ4v) is 0.983. The Bertz CT molecular complexity index is 263. The molecule has 0 N–H and O–H groups in total. The Morgan fingerprint density at radius 1 is 1.31 bits per heavy atom. The van der Waals surface area contributed by atoms with Crippen molar-refractivity contribution in [1.29, 1.82) is 0 Å². The van der Waals surface area contributed by atoms with Gasteiger partial charge in [-0.15, -0.1) is 0 Å². The van der Waals surface area contributed by atoms with E-state index in [1.807, 2.05) is 13.8 Å². The van der Waals surface area contributed by atoms with Gasteiger partial charge >= 0.3 is 0 Å². The van der Waals surface area contributed by atoms with E-state index in [1.165, 1.54) is 12.1 Å². The summed E-state index contributed by atoms with van der Waals surface area (Å²) in [6, 6.07) is 6.09. The fourth-order valence-electron chi connectivity index (χ4n) is 0.718. The molecule has 2 radical (unpaired) electrons. The van der Waals surface area contributed by atoms with Crippen molar-refractivity contribution in [1.82, 2.24) is 0 Å². The van der Waals surface area contributed by atoms with Gasteiger partial charge in [0.1, 0.15) is 13.7 Å². The second-order valence-electron chi connectivity index (χ2n) is 2.08. The summed E-state index contributed by atoms with van der Waals surface area (Å²) in [6.07, 6.45) is 1.71. The lowest BCUT2D eigenvalue weighted by atomic mass is 10.1. The van der Waals surface area contributed by atoms with Crippen molar-refractivity contribution in [2.45, 2.75) is 13.8 Å². The maximum Gasteiger partial charge on any atom is 0.124 e. The molecule has 0 saturated carbocycles. The van der Waals surface area contributed by atoms with Crippen LogP contribution in [0.2, 0.25) is 0 Å². The van der Waals surface area contributed by atoms with Crippen LogP contribution in [-0.2, 0) is 0 Å². The van der Waals surface area contributed by atoms with E-state index in [2.05, 4.69) is 15.9 Å². The Hall–Kier alpha value is -0.565. The topological polar surface area (TPSA) is 0 Å². The molecule has 0 amide bonds. The van der Waals surface area contributed by atoms with Crippen molar-refractivity contribution in [3.8, 4) is 0 Å². The first-order chi connectivity index (χ1) is 6.18. The van der Waals surface area contributed by atoms with Crippen molar-refractivity contribution < 1.29 is 4.39 Å². The molecule has 0 atom stereocenters. The predicted octanol–water partition coefficient (Wildman–Crippen LogP) is 3.71. The molecule has 0 aliphatic carbocycles. The molecule has 0 saturated heterocycles. The van der Waals surface area contributed by atoms with Crippen molar-refractivity contribution in [2.24, 2.45) is 0 Å². The van der Waals surface area contributed by atoms with E-state index in [9.17, 15) is 4.39 Å². The molecule has 0 bridgehead atoms. The monoisotopic (exact) mass is 240 g/mol. The van der Waals surface area contributed by atoms with E-state index in [-0.39, 0.29) is 5.82 Å². The van der Waals surface area contributed by atoms with Crippen LogP contribution in [0, 0.1) is 5.82 Å². The molecule has 0 aliphatic rings.